The second kappa shape index (κ2) is 11.9. The highest BCUT2D eigenvalue weighted by atomic mass is 16.4. The Bertz CT molecular complexity index is 1910. The average Bonchev–Trinajstić information content (AvgIpc) is 3.63. The van der Waals surface area contributed by atoms with Crippen molar-refractivity contribution in [2.75, 3.05) is 17.2 Å². The largest absolute Gasteiger partial charge is 0.414 e. The van der Waals surface area contributed by atoms with Crippen LogP contribution in [-0.2, 0) is 6.54 Å². The summed E-state index contributed by atoms with van der Waals surface area (Å²) in [5.74, 6) is 1.09. The molecule has 0 radical (unpaired) electrons. The summed E-state index contributed by atoms with van der Waals surface area (Å²) < 4.78 is 9.78. The summed E-state index contributed by atoms with van der Waals surface area (Å²) in [5, 5.41) is 26.2. The minimum Gasteiger partial charge on any atom is -0.414 e. The molecule has 3 N–H and O–H groups in total. The van der Waals surface area contributed by atoms with Gasteiger partial charge in [0.1, 0.15) is 11.5 Å². The van der Waals surface area contributed by atoms with E-state index in [0.29, 0.717) is 34.7 Å². The standard InChI is InChI=1S/C32H32N8O3/c1-4-39-32(42)23-14-13-22(16-28(23)40(39)20(2)3)35-29-17-26(36-27(19-41)21-10-6-5-7-11-21)24(18-34-29)30-37-38-31(43-30)25-12-8-9-15-33-25/h5-18,20,27,41H,4,19H2,1-3H3,(H2,34,35,36)/t27-/m1/s1. The van der Waals surface area contributed by atoms with Gasteiger partial charge in [-0.2, -0.15) is 0 Å². The molecule has 0 saturated carbocycles. The van der Waals surface area contributed by atoms with E-state index in [-0.39, 0.29) is 30.0 Å². The van der Waals surface area contributed by atoms with Crippen LogP contribution in [0.15, 0.2) is 94.4 Å². The van der Waals surface area contributed by atoms with Gasteiger partial charge in [-0.3, -0.25) is 14.5 Å². The van der Waals surface area contributed by atoms with Gasteiger partial charge < -0.3 is 20.2 Å². The van der Waals surface area contributed by atoms with Crippen LogP contribution in [0.5, 0.6) is 0 Å². The van der Waals surface area contributed by atoms with Gasteiger partial charge >= 0.3 is 0 Å². The number of hydrogen-bond donors (Lipinski definition) is 3. The quantitative estimate of drug-likeness (QED) is 0.185. The number of anilines is 3. The van der Waals surface area contributed by atoms with Gasteiger partial charge in [0.05, 0.1) is 34.8 Å². The molecule has 1 atom stereocenters. The van der Waals surface area contributed by atoms with Crippen LogP contribution in [0.1, 0.15) is 38.4 Å². The summed E-state index contributed by atoms with van der Waals surface area (Å²) in [6, 6.07) is 22.4. The van der Waals surface area contributed by atoms with E-state index in [1.54, 1.807) is 23.1 Å². The highest BCUT2D eigenvalue weighted by molar-refractivity contribution is 5.84. The number of aliphatic hydroxyl groups is 1. The molecule has 11 nitrogen and oxygen atoms in total. The first-order valence-corrected chi connectivity index (χ1v) is 14.2. The Kier molecular flexibility index (Phi) is 7.71. The topological polar surface area (TPSA) is 136 Å². The lowest BCUT2D eigenvalue weighted by molar-refractivity contribution is 0.276. The van der Waals surface area contributed by atoms with E-state index in [1.807, 2.05) is 78.3 Å². The maximum atomic E-state index is 13.0. The number of pyridine rings is 2. The Morgan fingerprint density at radius 2 is 1.74 bits per heavy atom. The Labute approximate surface area is 247 Å². The van der Waals surface area contributed by atoms with Crippen LogP contribution in [0.4, 0.5) is 17.2 Å². The predicted molar refractivity (Wildman–Crippen MR) is 166 cm³/mol. The second-order valence-electron chi connectivity index (χ2n) is 10.3. The molecular weight excluding hydrogens is 544 g/mol. The molecule has 43 heavy (non-hydrogen) atoms. The van der Waals surface area contributed by atoms with Crippen LogP contribution in [0.2, 0.25) is 0 Å². The zero-order valence-electron chi connectivity index (χ0n) is 24.1. The molecule has 6 aromatic rings. The number of nitrogens with one attached hydrogen (secondary N) is 2. The van der Waals surface area contributed by atoms with E-state index >= 15 is 0 Å². The van der Waals surface area contributed by atoms with Crippen LogP contribution < -0.4 is 16.2 Å². The van der Waals surface area contributed by atoms with Gasteiger partial charge in [0.25, 0.3) is 17.3 Å². The summed E-state index contributed by atoms with van der Waals surface area (Å²) in [5.41, 5.74) is 4.30. The summed E-state index contributed by atoms with van der Waals surface area (Å²) in [6.07, 6.45) is 3.31. The third-order valence-electron chi connectivity index (χ3n) is 7.19. The molecule has 2 aromatic carbocycles. The summed E-state index contributed by atoms with van der Waals surface area (Å²) in [6.45, 7) is 6.53. The second-order valence-corrected chi connectivity index (χ2v) is 10.3. The minimum atomic E-state index is -0.404. The van der Waals surface area contributed by atoms with E-state index in [4.69, 9.17) is 4.42 Å². The lowest BCUT2D eigenvalue weighted by Gasteiger charge is -2.20. The first-order valence-electron chi connectivity index (χ1n) is 14.2. The van der Waals surface area contributed by atoms with Gasteiger partial charge in [-0.1, -0.05) is 36.4 Å². The zero-order chi connectivity index (χ0) is 29.9. The van der Waals surface area contributed by atoms with E-state index in [0.717, 1.165) is 16.8 Å². The molecule has 0 aliphatic carbocycles. The van der Waals surface area contributed by atoms with Gasteiger partial charge in [0.2, 0.25) is 0 Å². The lowest BCUT2D eigenvalue weighted by Crippen LogP contribution is -2.23. The molecule has 0 aliphatic heterocycles. The number of nitrogens with zero attached hydrogens (tertiary/aromatic N) is 6. The molecular formula is C32H32N8O3. The first-order chi connectivity index (χ1) is 21.0. The average molecular weight is 577 g/mol. The van der Waals surface area contributed by atoms with E-state index in [2.05, 4.69) is 44.6 Å². The number of fused-ring (bicyclic) bond motifs is 1. The van der Waals surface area contributed by atoms with E-state index in [1.165, 1.54) is 0 Å². The summed E-state index contributed by atoms with van der Waals surface area (Å²) in [7, 11) is 0. The molecule has 0 aliphatic rings. The summed E-state index contributed by atoms with van der Waals surface area (Å²) in [4.78, 5) is 21.9. The van der Waals surface area contributed by atoms with Crippen molar-refractivity contribution in [1.82, 2.24) is 29.5 Å². The van der Waals surface area contributed by atoms with Crippen LogP contribution >= 0.6 is 0 Å². The van der Waals surface area contributed by atoms with E-state index in [9.17, 15) is 9.90 Å². The number of hydrogen-bond acceptors (Lipinski definition) is 9. The SMILES string of the molecule is CCn1c(=O)c2ccc(Nc3cc(N[C@H](CO)c4ccccc4)c(-c4nnc(-c5ccccn5)o4)cn3)cc2n1C(C)C. The minimum absolute atomic E-state index is 0.00713. The molecule has 0 amide bonds. The van der Waals surface area contributed by atoms with Gasteiger partial charge in [0, 0.05) is 36.7 Å². The Morgan fingerprint density at radius 1 is 0.953 bits per heavy atom. The van der Waals surface area contributed by atoms with Crippen molar-refractivity contribution in [2.24, 2.45) is 0 Å². The van der Waals surface area contributed by atoms with Crippen molar-refractivity contribution in [3.05, 3.63) is 101 Å². The molecule has 0 bridgehead atoms. The molecule has 218 valence electrons. The van der Waals surface area contributed by atoms with Gasteiger partial charge in [-0.15, -0.1) is 10.2 Å². The fourth-order valence-electron chi connectivity index (χ4n) is 5.19. The first kappa shape index (κ1) is 27.9. The van der Waals surface area contributed by atoms with Crippen LogP contribution in [0.25, 0.3) is 33.9 Å². The molecule has 4 heterocycles. The Morgan fingerprint density at radius 3 is 2.47 bits per heavy atom. The smallest absolute Gasteiger partial charge is 0.274 e. The van der Waals surface area contributed by atoms with Gasteiger partial charge in [-0.05, 0) is 56.7 Å². The maximum Gasteiger partial charge on any atom is 0.274 e. The van der Waals surface area contributed by atoms with Crippen molar-refractivity contribution in [3.8, 4) is 23.0 Å². The predicted octanol–water partition coefficient (Wildman–Crippen LogP) is 5.80. The molecule has 11 heteroatoms. The molecule has 0 spiro atoms. The molecule has 0 saturated heterocycles. The van der Waals surface area contributed by atoms with Crippen LogP contribution in [0, 0.1) is 0 Å². The van der Waals surface area contributed by atoms with Crippen molar-refractivity contribution >= 4 is 28.1 Å². The Hall–Kier alpha value is -5.29. The van der Waals surface area contributed by atoms with Crippen molar-refractivity contribution in [2.45, 2.75) is 39.4 Å². The maximum absolute atomic E-state index is 13.0. The monoisotopic (exact) mass is 576 g/mol. The fourth-order valence-corrected chi connectivity index (χ4v) is 5.19. The number of benzene rings is 2. The Balaban J connectivity index is 1.39. The van der Waals surface area contributed by atoms with Crippen LogP contribution in [0.3, 0.4) is 0 Å². The summed E-state index contributed by atoms with van der Waals surface area (Å²) >= 11 is 0. The van der Waals surface area contributed by atoms with Crippen molar-refractivity contribution < 1.29 is 9.52 Å². The van der Waals surface area contributed by atoms with Crippen LogP contribution in [-0.4, -0.2) is 41.2 Å². The lowest BCUT2D eigenvalue weighted by atomic mass is 10.1. The number of aliphatic hydroxyl groups excluding tert-OH is 1. The fraction of sp³-hybridized carbons (Fsp3) is 0.219. The normalized spacial score (nSPS) is 12.1. The molecule has 4 aromatic heterocycles. The molecule has 6 rings (SSSR count). The number of aromatic nitrogens is 6. The van der Waals surface area contributed by atoms with Gasteiger partial charge in [-0.25, -0.2) is 9.67 Å². The number of rotatable bonds is 10. The highest BCUT2D eigenvalue weighted by Crippen LogP contribution is 2.34. The van der Waals surface area contributed by atoms with E-state index < -0.39 is 6.04 Å². The zero-order valence-corrected chi connectivity index (χ0v) is 24.1. The molecule has 0 unspecified atom stereocenters. The highest BCUT2D eigenvalue weighted by Gasteiger charge is 2.20. The third-order valence-corrected chi connectivity index (χ3v) is 7.19. The third kappa shape index (κ3) is 5.50. The van der Waals surface area contributed by atoms with Crippen molar-refractivity contribution in [3.63, 3.8) is 0 Å². The molecule has 0 fully saturated rings. The van der Waals surface area contributed by atoms with Crippen molar-refractivity contribution in [1.29, 1.82) is 0 Å². The van der Waals surface area contributed by atoms with Gasteiger partial charge in [0.15, 0.2) is 0 Å².